The first-order chi connectivity index (χ1) is 6.81. The van der Waals surface area contributed by atoms with Gasteiger partial charge in [-0.25, -0.2) is 0 Å². The minimum absolute atomic E-state index is 0. The summed E-state index contributed by atoms with van der Waals surface area (Å²) in [5, 5.41) is 3.82. The second kappa shape index (κ2) is 5.25. The van der Waals surface area contributed by atoms with Gasteiger partial charge in [0.15, 0.2) is 0 Å². The average molecular weight is 291 g/mol. The monoisotopic (exact) mass is 289 g/mol. The summed E-state index contributed by atoms with van der Waals surface area (Å²) in [5.41, 5.74) is 6.27. The Morgan fingerprint density at radius 2 is 2.07 bits per heavy atom. The van der Waals surface area contributed by atoms with E-state index < -0.39 is 0 Å². The van der Waals surface area contributed by atoms with Crippen LogP contribution in [0.5, 0.6) is 0 Å². The van der Waals surface area contributed by atoms with Gasteiger partial charge in [0, 0.05) is 10.0 Å². The van der Waals surface area contributed by atoms with E-state index in [9.17, 15) is 0 Å². The minimum atomic E-state index is 0. The number of halogens is 2. The van der Waals surface area contributed by atoms with E-state index in [0.717, 1.165) is 10.0 Å². The van der Waals surface area contributed by atoms with Crippen molar-refractivity contribution in [2.75, 3.05) is 0 Å². The zero-order valence-corrected chi connectivity index (χ0v) is 10.1. The third-order valence-corrected chi connectivity index (χ3v) is 2.45. The molecule has 15 heavy (non-hydrogen) atoms. The Kier molecular flexibility index (Phi) is 4.26. The molecule has 0 aliphatic carbocycles. The molecule has 2 rings (SSSR count). The molecule has 0 radical (unpaired) electrons. The first-order valence-corrected chi connectivity index (χ1v) is 4.88. The van der Waals surface area contributed by atoms with E-state index in [-0.39, 0.29) is 19.0 Å². The normalized spacial score (nSPS) is 9.73. The van der Waals surface area contributed by atoms with Gasteiger partial charge in [0.2, 0.25) is 11.7 Å². The highest BCUT2D eigenvalue weighted by atomic mass is 79.9. The number of nitrogens with zero attached hydrogens (tertiary/aromatic N) is 2. The fourth-order valence-corrected chi connectivity index (χ4v) is 1.55. The summed E-state index contributed by atoms with van der Waals surface area (Å²) in [6, 6.07) is 7.68. The third kappa shape index (κ3) is 2.56. The van der Waals surface area contributed by atoms with Crippen LogP contribution in [0.15, 0.2) is 33.3 Å². The average Bonchev–Trinajstić information content (AvgIpc) is 2.67. The fourth-order valence-electron chi connectivity index (χ4n) is 1.09. The highest BCUT2D eigenvalue weighted by Gasteiger charge is 2.09. The van der Waals surface area contributed by atoms with Gasteiger partial charge in [0.25, 0.3) is 0 Å². The van der Waals surface area contributed by atoms with Gasteiger partial charge in [-0.2, -0.15) is 4.98 Å². The number of hydrogen-bond donors (Lipinski definition) is 1. The van der Waals surface area contributed by atoms with Crippen LogP contribution in [-0.4, -0.2) is 10.1 Å². The van der Waals surface area contributed by atoms with E-state index in [0.29, 0.717) is 11.7 Å². The zero-order valence-electron chi connectivity index (χ0n) is 7.68. The van der Waals surface area contributed by atoms with Gasteiger partial charge in [-0.1, -0.05) is 33.2 Å². The highest BCUT2D eigenvalue weighted by Crippen LogP contribution is 2.25. The van der Waals surface area contributed by atoms with Gasteiger partial charge in [-0.15, -0.1) is 12.4 Å². The Labute approximate surface area is 101 Å². The van der Waals surface area contributed by atoms with Crippen LogP contribution in [-0.2, 0) is 6.54 Å². The maximum absolute atomic E-state index is 5.37. The molecule has 0 fully saturated rings. The highest BCUT2D eigenvalue weighted by molar-refractivity contribution is 9.10. The van der Waals surface area contributed by atoms with Gasteiger partial charge in [-0.3, -0.25) is 0 Å². The molecule has 1 aromatic heterocycles. The molecule has 0 aliphatic heterocycles. The lowest BCUT2D eigenvalue weighted by Crippen LogP contribution is -1.95. The van der Waals surface area contributed by atoms with Crippen LogP contribution >= 0.6 is 28.3 Å². The summed E-state index contributed by atoms with van der Waals surface area (Å²) in [4.78, 5) is 4.13. The molecule has 2 N–H and O–H groups in total. The summed E-state index contributed by atoms with van der Waals surface area (Å²) in [6.07, 6.45) is 0. The van der Waals surface area contributed by atoms with Crippen LogP contribution in [0, 0.1) is 0 Å². The predicted molar refractivity (Wildman–Crippen MR) is 62.6 cm³/mol. The molecule has 0 aliphatic rings. The van der Waals surface area contributed by atoms with Crippen molar-refractivity contribution in [3.8, 4) is 11.4 Å². The molecular weight excluding hydrogens is 281 g/mol. The van der Waals surface area contributed by atoms with E-state index >= 15 is 0 Å². The van der Waals surface area contributed by atoms with Crippen molar-refractivity contribution in [1.29, 1.82) is 0 Å². The lowest BCUT2D eigenvalue weighted by atomic mass is 10.2. The maximum atomic E-state index is 5.37. The Morgan fingerprint density at radius 3 is 2.67 bits per heavy atom. The zero-order chi connectivity index (χ0) is 9.97. The molecule has 80 valence electrons. The molecular formula is C9H9BrClN3O. The standard InChI is InChI=1S/C9H8BrN3O.ClH/c10-7-4-2-1-3-6(7)9-12-8(5-11)14-13-9;/h1-4H,5,11H2;1H. The number of rotatable bonds is 2. The topological polar surface area (TPSA) is 64.9 Å². The molecule has 0 saturated heterocycles. The first kappa shape index (κ1) is 12.2. The Morgan fingerprint density at radius 1 is 1.33 bits per heavy atom. The SMILES string of the molecule is Cl.NCc1nc(-c2ccccc2Br)no1. The molecule has 4 nitrogen and oxygen atoms in total. The quantitative estimate of drug-likeness (QED) is 0.922. The van der Waals surface area contributed by atoms with Gasteiger partial charge in [0.1, 0.15) is 0 Å². The molecule has 0 unspecified atom stereocenters. The van der Waals surface area contributed by atoms with Crippen molar-refractivity contribution in [2.24, 2.45) is 5.73 Å². The van der Waals surface area contributed by atoms with Crippen molar-refractivity contribution >= 4 is 28.3 Å². The van der Waals surface area contributed by atoms with E-state index in [1.807, 2.05) is 24.3 Å². The van der Waals surface area contributed by atoms with Crippen LogP contribution in [0.3, 0.4) is 0 Å². The minimum Gasteiger partial charge on any atom is -0.338 e. The smallest absolute Gasteiger partial charge is 0.240 e. The summed E-state index contributed by atoms with van der Waals surface area (Å²) in [6.45, 7) is 0.261. The lowest BCUT2D eigenvalue weighted by molar-refractivity contribution is 0.380. The predicted octanol–water partition coefficient (Wildman–Crippen LogP) is 2.38. The maximum Gasteiger partial charge on any atom is 0.240 e. The van der Waals surface area contributed by atoms with Gasteiger partial charge < -0.3 is 10.3 Å². The number of hydrogen-bond acceptors (Lipinski definition) is 4. The van der Waals surface area contributed by atoms with Crippen LogP contribution in [0.2, 0.25) is 0 Å². The van der Waals surface area contributed by atoms with E-state index in [1.54, 1.807) is 0 Å². The van der Waals surface area contributed by atoms with Gasteiger partial charge >= 0.3 is 0 Å². The fraction of sp³-hybridized carbons (Fsp3) is 0.111. The van der Waals surface area contributed by atoms with Crippen molar-refractivity contribution in [3.05, 3.63) is 34.6 Å². The summed E-state index contributed by atoms with van der Waals surface area (Å²) >= 11 is 3.41. The van der Waals surface area contributed by atoms with Gasteiger partial charge in [0.05, 0.1) is 6.54 Å². The Balaban J connectivity index is 0.00000112. The molecule has 6 heteroatoms. The molecule has 2 aromatic rings. The molecule has 1 aromatic carbocycles. The number of aromatic nitrogens is 2. The molecule has 0 bridgehead atoms. The lowest BCUT2D eigenvalue weighted by Gasteiger charge is -1.96. The largest absolute Gasteiger partial charge is 0.338 e. The van der Waals surface area contributed by atoms with Crippen LogP contribution in [0.1, 0.15) is 5.89 Å². The summed E-state index contributed by atoms with van der Waals surface area (Å²) in [5.74, 6) is 0.994. The van der Waals surface area contributed by atoms with Crippen molar-refractivity contribution < 1.29 is 4.52 Å². The number of nitrogens with two attached hydrogens (primary N) is 1. The molecule has 0 atom stereocenters. The molecule has 0 spiro atoms. The van der Waals surface area contributed by atoms with Crippen LogP contribution in [0.4, 0.5) is 0 Å². The van der Waals surface area contributed by atoms with E-state index in [2.05, 4.69) is 26.1 Å². The van der Waals surface area contributed by atoms with Crippen molar-refractivity contribution in [2.45, 2.75) is 6.54 Å². The first-order valence-electron chi connectivity index (χ1n) is 4.09. The number of benzene rings is 1. The van der Waals surface area contributed by atoms with Crippen LogP contribution in [0.25, 0.3) is 11.4 Å². The Hall–Kier alpha value is -0.910. The second-order valence-corrected chi connectivity index (χ2v) is 3.55. The van der Waals surface area contributed by atoms with E-state index in [1.165, 1.54) is 0 Å². The van der Waals surface area contributed by atoms with Crippen molar-refractivity contribution in [1.82, 2.24) is 10.1 Å². The Bertz CT molecular complexity index is 446. The summed E-state index contributed by atoms with van der Waals surface area (Å²) in [7, 11) is 0. The molecule has 0 saturated carbocycles. The van der Waals surface area contributed by atoms with E-state index in [4.69, 9.17) is 10.3 Å². The van der Waals surface area contributed by atoms with Crippen molar-refractivity contribution in [3.63, 3.8) is 0 Å². The second-order valence-electron chi connectivity index (χ2n) is 2.70. The third-order valence-electron chi connectivity index (χ3n) is 1.76. The van der Waals surface area contributed by atoms with Crippen LogP contribution < -0.4 is 5.73 Å². The van der Waals surface area contributed by atoms with Gasteiger partial charge in [-0.05, 0) is 12.1 Å². The summed E-state index contributed by atoms with van der Waals surface area (Å²) < 4.78 is 5.85. The molecule has 1 heterocycles. The molecule has 0 amide bonds.